The van der Waals surface area contributed by atoms with Gasteiger partial charge in [0.2, 0.25) is 0 Å². The molecule has 2 heterocycles. The third-order valence-electron chi connectivity index (χ3n) is 3.15. The fraction of sp³-hybridized carbons (Fsp3) is 0.333. The number of nitrogens with two attached hydrogens (primary N) is 1. The van der Waals surface area contributed by atoms with E-state index in [1.165, 1.54) is 5.56 Å². The zero-order valence-corrected chi connectivity index (χ0v) is 11.4. The van der Waals surface area contributed by atoms with Gasteiger partial charge in [0.25, 0.3) is 0 Å². The molecule has 0 spiro atoms. The summed E-state index contributed by atoms with van der Waals surface area (Å²) in [4.78, 5) is 10.7. The lowest BCUT2D eigenvalue weighted by molar-refractivity contribution is 0.206. The van der Waals surface area contributed by atoms with Gasteiger partial charge in [0.15, 0.2) is 0 Å². The standard InChI is InChI=1S/C15H20N4/c1-12(16)15(14-5-3-4-8-18-14)19(2)11-13-6-9-17-10-7-13/h3-10,12,15H,11,16H2,1-2H3. The Morgan fingerprint density at radius 3 is 2.47 bits per heavy atom. The molecule has 0 aliphatic heterocycles. The van der Waals surface area contributed by atoms with Gasteiger partial charge in [0.05, 0.1) is 11.7 Å². The molecular formula is C15H20N4. The van der Waals surface area contributed by atoms with Gasteiger partial charge in [0, 0.05) is 31.2 Å². The van der Waals surface area contributed by atoms with E-state index in [9.17, 15) is 0 Å². The molecule has 2 atom stereocenters. The lowest BCUT2D eigenvalue weighted by atomic mass is 10.0. The number of likely N-dealkylation sites (N-methyl/N-ethyl adjacent to an activating group) is 1. The van der Waals surface area contributed by atoms with E-state index < -0.39 is 0 Å². The van der Waals surface area contributed by atoms with E-state index in [1.54, 1.807) is 0 Å². The first-order chi connectivity index (χ1) is 9.18. The van der Waals surface area contributed by atoms with E-state index in [1.807, 2.05) is 55.8 Å². The van der Waals surface area contributed by atoms with Crippen LogP contribution in [0.15, 0.2) is 48.9 Å². The van der Waals surface area contributed by atoms with Crippen LogP contribution in [0.4, 0.5) is 0 Å². The average Bonchev–Trinajstić information content (AvgIpc) is 2.40. The topological polar surface area (TPSA) is 55.0 Å². The van der Waals surface area contributed by atoms with Crippen molar-refractivity contribution < 1.29 is 0 Å². The molecule has 2 N–H and O–H groups in total. The highest BCUT2D eigenvalue weighted by Gasteiger charge is 2.22. The van der Waals surface area contributed by atoms with Crippen LogP contribution in [-0.4, -0.2) is 28.0 Å². The Balaban J connectivity index is 2.16. The molecule has 2 unspecified atom stereocenters. The van der Waals surface area contributed by atoms with Gasteiger partial charge < -0.3 is 5.73 Å². The minimum Gasteiger partial charge on any atom is -0.326 e. The molecule has 0 bridgehead atoms. The Kier molecular flexibility index (Phi) is 4.60. The third kappa shape index (κ3) is 3.59. The number of hydrogen-bond acceptors (Lipinski definition) is 4. The Morgan fingerprint density at radius 2 is 1.89 bits per heavy atom. The third-order valence-corrected chi connectivity index (χ3v) is 3.15. The van der Waals surface area contributed by atoms with Crippen LogP contribution in [0, 0.1) is 0 Å². The van der Waals surface area contributed by atoms with Crippen LogP contribution < -0.4 is 5.73 Å². The second kappa shape index (κ2) is 6.41. The van der Waals surface area contributed by atoms with E-state index in [2.05, 4.69) is 21.9 Å². The van der Waals surface area contributed by atoms with Crippen LogP contribution >= 0.6 is 0 Å². The van der Waals surface area contributed by atoms with Crippen molar-refractivity contribution in [2.24, 2.45) is 5.73 Å². The largest absolute Gasteiger partial charge is 0.326 e. The molecule has 2 aromatic rings. The number of aromatic nitrogens is 2. The SMILES string of the molecule is CC(N)C(c1ccccn1)N(C)Cc1ccncc1. The maximum absolute atomic E-state index is 6.13. The first kappa shape index (κ1) is 13.6. The van der Waals surface area contributed by atoms with Gasteiger partial charge in [-0.2, -0.15) is 0 Å². The normalized spacial score (nSPS) is 14.3. The zero-order valence-electron chi connectivity index (χ0n) is 11.4. The Morgan fingerprint density at radius 1 is 1.16 bits per heavy atom. The minimum absolute atomic E-state index is 0.0155. The summed E-state index contributed by atoms with van der Waals surface area (Å²) in [6.45, 7) is 2.84. The first-order valence-corrected chi connectivity index (χ1v) is 6.44. The molecule has 2 aromatic heterocycles. The molecule has 0 aromatic carbocycles. The summed E-state index contributed by atoms with van der Waals surface area (Å²) in [5, 5.41) is 0. The summed E-state index contributed by atoms with van der Waals surface area (Å²) in [5.74, 6) is 0. The second-order valence-electron chi connectivity index (χ2n) is 4.83. The summed E-state index contributed by atoms with van der Waals surface area (Å²) >= 11 is 0. The lowest BCUT2D eigenvalue weighted by Crippen LogP contribution is -2.37. The molecule has 0 fully saturated rings. The fourth-order valence-corrected chi connectivity index (χ4v) is 2.32. The molecule has 0 amide bonds. The smallest absolute Gasteiger partial charge is 0.0671 e. The minimum atomic E-state index is 0.0155. The molecule has 0 radical (unpaired) electrons. The van der Waals surface area contributed by atoms with Crippen molar-refractivity contribution >= 4 is 0 Å². The number of pyridine rings is 2. The van der Waals surface area contributed by atoms with Crippen molar-refractivity contribution in [3.63, 3.8) is 0 Å². The highest BCUT2D eigenvalue weighted by molar-refractivity contribution is 5.14. The molecule has 2 rings (SSSR count). The van der Waals surface area contributed by atoms with Crippen LogP contribution in [-0.2, 0) is 6.54 Å². The van der Waals surface area contributed by atoms with Gasteiger partial charge in [-0.1, -0.05) is 6.07 Å². The molecule has 4 nitrogen and oxygen atoms in total. The Labute approximate surface area is 114 Å². The summed E-state index contributed by atoms with van der Waals surface area (Å²) in [7, 11) is 2.07. The van der Waals surface area contributed by atoms with Crippen LogP contribution in [0.1, 0.15) is 24.2 Å². The maximum Gasteiger partial charge on any atom is 0.0671 e. The van der Waals surface area contributed by atoms with Crippen molar-refractivity contribution in [1.82, 2.24) is 14.9 Å². The van der Waals surface area contributed by atoms with E-state index in [4.69, 9.17) is 5.73 Å². The molecule has 4 heteroatoms. The van der Waals surface area contributed by atoms with Gasteiger partial charge in [0.1, 0.15) is 0 Å². The molecule has 19 heavy (non-hydrogen) atoms. The Bertz CT molecular complexity index is 484. The molecule has 0 aliphatic rings. The van der Waals surface area contributed by atoms with Gasteiger partial charge in [-0.15, -0.1) is 0 Å². The van der Waals surface area contributed by atoms with Crippen molar-refractivity contribution in [2.45, 2.75) is 25.6 Å². The quantitative estimate of drug-likeness (QED) is 0.889. The zero-order chi connectivity index (χ0) is 13.7. The predicted octanol–water partition coefficient (Wildman–Crippen LogP) is 2.00. The molecule has 100 valence electrons. The van der Waals surface area contributed by atoms with Crippen LogP contribution in [0.25, 0.3) is 0 Å². The maximum atomic E-state index is 6.13. The second-order valence-corrected chi connectivity index (χ2v) is 4.83. The lowest BCUT2D eigenvalue weighted by Gasteiger charge is -2.30. The molecule has 0 saturated carbocycles. The van der Waals surface area contributed by atoms with Crippen LogP contribution in [0.2, 0.25) is 0 Å². The van der Waals surface area contributed by atoms with Gasteiger partial charge in [-0.25, -0.2) is 0 Å². The average molecular weight is 256 g/mol. The van der Waals surface area contributed by atoms with Crippen LogP contribution in [0.5, 0.6) is 0 Å². The Hall–Kier alpha value is -1.78. The molecule has 0 saturated heterocycles. The monoisotopic (exact) mass is 256 g/mol. The highest BCUT2D eigenvalue weighted by Crippen LogP contribution is 2.21. The molecule has 0 aliphatic carbocycles. The van der Waals surface area contributed by atoms with Crippen molar-refractivity contribution in [2.75, 3.05) is 7.05 Å². The highest BCUT2D eigenvalue weighted by atomic mass is 15.2. The van der Waals surface area contributed by atoms with Crippen LogP contribution in [0.3, 0.4) is 0 Å². The van der Waals surface area contributed by atoms with E-state index in [0.29, 0.717) is 0 Å². The summed E-state index contributed by atoms with van der Waals surface area (Å²) in [6, 6.07) is 10.1. The number of nitrogens with zero attached hydrogens (tertiary/aromatic N) is 3. The number of rotatable bonds is 5. The summed E-state index contributed by atoms with van der Waals surface area (Å²) in [6.07, 6.45) is 5.43. The van der Waals surface area contributed by atoms with Gasteiger partial charge in [-0.05, 0) is 43.8 Å². The van der Waals surface area contributed by atoms with Gasteiger partial charge in [-0.3, -0.25) is 14.9 Å². The molecular weight excluding hydrogens is 236 g/mol. The predicted molar refractivity (Wildman–Crippen MR) is 76.3 cm³/mol. The number of hydrogen-bond donors (Lipinski definition) is 1. The van der Waals surface area contributed by atoms with E-state index in [-0.39, 0.29) is 12.1 Å². The van der Waals surface area contributed by atoms with E-state index >= 15 is 0 Å². The fourth-order valence-electron chi connectivity index (χ4n) is 2.32. The summed E-state index contributed by atoms with van der Waals surface area (Å²) < 4.78 is 0. The van der Waals surface area contributed by atoms with Gasteiger partial charge >= 0.3 is 0 Å². The summed E-state index contributed by atoms with van der Waals surface area (Å²) in [5.41, 5.74) is 8.36. The van der Waals surface area contributed by atoms with E-state index in [0.717, 1.165) is 12.2 Å². The van der Waals surface area contributed by atoms with Crippen molar-refractivity contribution in [3.05, 3.63) is 60.2 Å². The van der Waals surface area contributed by atoms with Crippen molar-refractivity contribution in [1.29, 1.82) is 0 Å². The first-order valence-electron chi connectivity index (χ1n) is 6.44. The van der Waals surface area contributed by atoms with Crippen molar-refractivity contribution in [3.8, 4) is 0 Å².